The van der Waals surface area contributed by atoms with Crippen molar-refractivity contribution in [2.45, 2.75) is 32.7 Å². The molecule has 2 aliphatic heterocycles. The molecule has 1 aromatic rings. The number of rotatable bonds is 4. The molecule has 152 valence electrons. The van der Waals surface area contributed by atoms with Crippen LogP contribution < -0.4 is 4.74 Å². The van der Waals surface area contributed by atoms with Crippen LogP contribution in [0.1, 0.15) is 38.3 Å². The molecular formula is C21H29N3O4. The molecule has 2 saturated heterocycles. The second-order valence-corrected chi connectivity index (χ2v) is 7.39. The highest BCUT2D eigenvalue weighted by atomic mass is 16.5. The predicted octanol–water partition coefficient (Wildman–Crippen LogP) is 1.69. The molecule has 0 N–H and O–H groups in total. The molecule has 0 spiro atoms. The van der Waals surface area contributed by atoms with Crippen LogP contribution in [-0.2, 0) is 14.4 Å². The average Bonchev–Trinajstić information content (AvgIpc) is 2.87. The largest absolute Gasteiger partial charge is 0.497 e. The van der Waals surface area contributed by atoms with Gasteiger partial charge in [-0.05, 0) is 31.0 Å². The number of ether oxygens (including phenoxy) is 1. The Morgan fingerprint density at radius 3 is 2.32 bits per heavy atom. The molecule has 3 amide bonds. The third-order valence-corrected chi connectivity index (χ3v) is 5.80. The second kappa shape index (κ2) is 8.63. The molecule has 0 unspecified atom stereocenters. The van der Waals surface area contributed by atoms with Gasteiger partial charge in [0.15, 0.2) is 0 Å². The molecule has 3 rings (SSSR count). The Bertz CT molecular complexity index is 734. The highest BCUT2D eigenvalue weighted by Gasteiger charge is 2.45. The lowest BCUT2D eigenvalue weighted by atomic mass is 9.92. The van der Waals surface area contributed by atoms with Gasteiger partial charge in [0.1, 0.15) is 5.75 Å². The van der Waals surface area contributed by atoms with Gasteiger partial charge in [-0.25, -0.2) is 0 Å². The Kier molecular flexibility index (Phi) is 6.21. The Balaban J connectivity index is 1.82. The molecule has 0 aromatic heterocycles. The van der Waals surface area contributed by atoms with Crippen molar-refractivity contribution in [1.29, 1.82) is 0 Å². The molecule has 2 atom stereocenters. The third kappa shape index (κ3) is 3.98. The first-order chi connectivity index (χ1) is 13.5. The maximum atomic E-state index is 13.4. The van der Waals surface area contributed by atoms with E-state index in [9.17, 15) is 14.4 Å². The maximum absolute atomic E-state index is 13.4. The van der Waals surface area contributed by atoms with Gasteiger partial charge in [-0.2, -0.15) is 0 Å². The van der Waals surface area contributed by atoms with Gasteiger partial charge in [0.05, 0.1) is 19.1 Å². The number of amides is 3. The number of benzene rings is 1. The van der Waals surface area contributed by atoms with E-state index in [0.29, 0.717) is 32.7 Å². The van der Waals surface area contributed by atoms with E-state index in [1.807, 2.05) is 36.1 Å². The molecule has 2 heterocycles. The first kappa shape index (κ1) is 20.2. The monoisotopic (exact) mass is 387 g/mol. The van der Waals surface area contributed by atoms with Gasteiger partial charge in [0.25, 0.3) is 0 Å². The zero-order chi connectivity index (χ0) is 20.3. The zero-order valence-electron chi connectivity index (χ0n) is 16.9. The predicted molar refractivity (Wildman–Crippen MR) is 105 cm³/mol. The van der Waals surface area contributed by atoms with Crippen molar-refractivity contribution >= 4 is 17.7 Å². The Morgan fingerprint density at radius 1 is 1.07 bits per heavy atom. The van der Waals surface area contributed by atoms with Crippen LogP contribution in [-0.4, -0.2) is 72.3 Å². The summed E-state index contributed by atoms with van der Waals surface area (Å²) >= 11 is 0. The van der Waals surface area contributed by atoms with E-state index in [1.165, 1.54) is 0 Å². The number of carbonyl (C=O) groups excluding carboxylic acids is 3. The Hall–Kier alpha value is -2.57. The third-order valence-electron chi connectivity index (χ3n) is 5.80. The first-order valence-electron chi connectivity index (χ1n) is 9.94. The van der Waals surface area contributed by atoms with Crippen LogP contribution in [0.3, 0.4) is 0 Å². The molecule has 0 saturated carbocycles. The summed E-state index contributed by atoms with van der Waals surface area (Å²) in [5.41, 5.74) is 0.951. The van der Waals surface area contributed by atoms with Gasteiger partial charge in [-0.1, -0.05) is 12.1 Å². The second-order valence-electron chi connectivity index (χ2n) is 7.39. The fourth-order valence-corrected chi connectivity index (χ4v) is 4.29. The molecule has 7 nitrogen and oxygen atoms in total. The summed E-state index contributed by atoms with van der Waals surface area (Å²) < 4.78 is 5.23. The highest BCUT2D eigenvalue weighted by Crippen LogP contribution is 2.39. The summed E-state index contributed by atoms with van der Waals surface area (Å²) in [6.45, 7) is 6.43. The van der Waals surface area contributed by atoms with E-state index in [2.05, 4.69) is 0 Å². The van der Waals surface area contributed by atoms with Crippen LogP contribution in [0.4, 0.5) is 0 Å². The molecule has 1 aromatic carbocycles. The molecule has 0 radical (unpaired) electrons. The number of likely N-dealkylation sites (tertiary alicyclic amines) is 1. The van der Waals surface area contributed by atoms with Crippen LogP contribution in [0.15, 0.2) is 24.3 Å². The van der Waals surface area contributed by atoms with Crippen molar-refractivity contribution in [1.82, 2.24) is 14.7 Å². The smallest absolute Gasteiger partial charge is 0.228 e. The van der Waals surface area contributed by atoms with Gasteiger partial charge < -0.3 is 19.4 Å². The number of carbonyl (C=O) groups is 3. The lowest BCUT2D eigenvalue weighted by molar-refractivity contribution is -0.137. The number of hydrogen-bond acceptors (Lipinski definition) is 4. The maximum Gasteiger partial charge on any atom is 0.228 e. The van der Waals surface area contributed by atoms with E-state index in [1.54, 1.807) is 23.8 Å². The zero-order valence-corrected chi connectivity index (χ0v) is 16.9. The summed E-state index contributed by atoms with van der Waals surface area (Å²) in [7, 11) is 1.61. The minimum absolute atomic E-state index is 0.00974. The quantitative estimate of drug-likeness (QED) is 0.788. The summed E-state index contributed by atoms with van der Waals surface area (Å²) in [5, 5.41) is 0. The van der Waals surface area contributed by atoms with Gasteiger partial charge >= 0.3 is 0 Å². The van der Waals surface area contributed by atoms with Gasteiger partial charge in [-0.15, -0.1) is 0 Å². The topological polar surface area (TPSA) is 70.2 Å². The fraction of sp³-hybridized carbons (Fsp3) is 0.571. The van der Waals surface area contributed by atoms with Crippen LogP contribution in [0.25, 0.3) is 0 Å². The lowest BCUT2D eigenvalue weighted by Crippen LogP contribution is -2.41. The van der Waals surface area contributed by atoms with Crippen molar-refractivity contribution in [3.63, 3.8) is 0 Å². The Labute approximate surface area is 166 Å². The summed E-state index contributed by atoms with van der Waals surface area (Å²) in [5.74, 6) is 0.413. The van der Waals surface area contributed by atoms with Crippen molar-refractivity contribution in [2.75, 3.05) is 39.8 Å². The van der Waals surface area contributed by atoms with Gasteiger partial charge in [-0.3, -0.25) is 14.4 Å². The van der Waals surface area contributed by atoms with Crippen LogP contribution in [0, 0.1) is 5.92 Å². The normalized spacial score (nSPS) is 23.0. The van der Waals surface area contributed by atoms with Crippen LogP contribution in [0.5, 0.6) is 5.75 Å². The molecule has 7 heteroatoms. The summed E-state index contributed by atoms with van der Waals surface area (Å²) in [6.07, 6.45) is 0.993. The fourth-order valence-electron chi connectivity index (χ4n) is 4.29. The van der Waals surface area contributed by atoms with Crippen molar-refractivity contribution in [3.05, 3.63) is 29.8 Å². The van der Waals surface area contributed by atoms with Crippen LogP contribution >= 0.6 is 0 Å². The minimum atomic E-state index is -0.398. The van der Waals surface area contributed by atoms with Crippen LogP contribution in [0.2, 0.25) is 0 Å². The molecular weight excluding hydrogens is 358 g/mol. The summed E-state index contributed by atoms with van der Waals surface area (Å²) in [4.78, 5) is 43.0. The van der Waals surface area contributed by atoms with Crippen molar-refractivity contribution in [2.24, 2.45) is 5.92 Å². The lowest BCUT2D eigenvalue weighted by Gasteiger charge is -2.30. The highest BCUT2D eigenvalue weighted by molar-refractivity contribution is 5.90. The number of hydrogen-bond donors (Lipinski definition) is 0. The molecule has 0 bridgehead atoms. The van der Waals surface area contributed by atoms with Gasteiger partial charge in [0.2, 0.25) is 17.7 Å². The number of nitrogens with zero attached hydrogens (tertiary/aromatic N) is 3. The molecule has 2 aliphatic rings. The van der Waals surface area contributed by atoms with E-state index in [-0.39, 0.29) is 30.2 Å². The van der Waals surface area contributed by atoms with Gasteiger partial charge in [0, 0.05) is 46.1 Å². The number of methoxy groups -OCH3 is 1. The van der Waals surface area contributed by atoms with E-state index >= 15 is 0 Å². The van der Waals surface area contributed by atoms with Crippen molar-refractivity contribution in [3.8, 4) is 5.75 Å². The average molecular weight is 387 g/mol. The Morgan fingerprint density at radius 2 is 1.71 bits per heavy atom. The summed E-state index contributed by atoms with van der Waals surface area (Å²) in [6, 6.07) is 7.34. The van der Waals surface area contributed by atoms with Crippen molar-refractivity contribution < 1.29 is 19.1 Å². The first-order valence-corrected chi connectivity index (χ1v) is 9.94. The molecule has 2 fully saturated rings. The van der Waals surface area contributed by atoms with E-state index < -0.39 is 5.92 Å². The minimum Gasteiger partial charge on any atom is -0.497 e. The SMILES string of the molecule is CCN1C(=O)C[C@@H](C(=O)N2CCCN(C(C)=O)CC2)[C@@H]1c1ccc(OC)cc1. The molecule has 28 heavy (non-hydrogen) atoms. The standard InChI is InChI=1S/C21H29N3O4/c1-4-24-19(26)14-18(20(24)16-6-8-17(28-3)9-7-16)21(27)23-11-5-10-22(12-13-23)15(2)25/h6-9,18,20H,4-5,10-14H2,1-3H3/t18-,20+/m1/s1. The van der Waals surface area contributed by atoms with E-state index in [0.717, 1.165) is 17.7 Å². The van der Waals surface area contributed by atoms with E-state index in [4.69, 9.17) is 4.74 Å². The molecule has 0 aliphatic carbocycles.